The smallest absolute Gasteiger partial charge is 0.339 e. The topological polar surface area (TPSA) is 94.2 Å². The first-order valence-corrected chi connectivity index (χ1v) is 10.4. The number of pyridine rings is 1. The number of H-pyrrole nitrogens is 1. The Kier molecular flexibility index (Phi) is 5.79. The lowest BCUT2D eigenvalue weighted by Gasteiger charge is -2.21. The van der Waals surface area contributed by atoms with E-state index in [0.717, 1.165) is 29.5 Å². The third-order valence-corrected chi connectivity index (χ3v) is 5.66. The molecule has 7 nitrogen and oxygen atoms in total. The fourth-order valence-electron chi connectivity index (χ4n) is 4.15. The number of ether oxygens (including phenoxy) is 2. The monoisotopic (exact) mass is 407 g/mol. The maximum atomic E-state index is 12.8. The van der Waals surface area contributed by atoms with Gasteiger partial charge in [0.2, 0.25) is 0 Å². The molecule has 1 fully saturated rings. The van der Waals surface area contributed by atoms with Crippen molar-refractivity contribution in [2.24, 2.45) is 0 Å². The minimum Gasteiger partial charge on any atom is -0.465 e. The van der Waals surface area contributed by atoms with Gasteiger partial charge in [0.25, 0.3) is 0 Å². The van der Waals surface area contributed by atoms with Gasteiger partial charge in [-0.25, -0.2) is 14.6 Å². The van der Waals surface area contributed by atoms with Crippen molar-refractivity contribution in [2.75, 3.05) is 13.7 Å². The highest BCUT2D eigenvalue weighted by Gasteiger charge is 2.25. The summed E-state index contributed by atoms with van der Waals surface area (Å²) in [7, 11) is 1.35. The van der Waals surface area contributed by atoms with Crippen LogP contribution in [0.2, 0.25) is 0 Å². The Morgan fingerprint density at radius 2 is 1.83 bits per heavy atom. The molecule has 1 saturated carbocycles. The van der Waals surface area contributed by atoms with E-state index in [0.29, 0.717) is 35.0 Å². The molecule has 1 aliphatic rings. The lowest BCUT2D eigenvalue weighted by molar-refractivity contribution is 0.0527. The zero-order valence-corrected chi connectivity index (χ0v) is 17.2. The largest absolute Gasteiger partial charge is 0.465 e. The molecule has 0 amide bonds. The predicted molar refractivity (Wildman–Crippen MR) is 112 cm³/mol. The van der Waals surface area contributed by atoms with Crippen LogP contribution in [0.3, 0.4) is 0 Å². The lowest BCUT2D eigenvalue weighted by Crippen LogP contribution is -2.10. The maximum Gasteiger partial charge on any atom is 0.339 e. The van der Waals surface area contributed by atoms with E-state index in [1.165, 1.54) is 26.4 Å². The van der Waals surface area contributed by atoms with E-state index in [-0.39, 0.29) is 5.97 Å². The zero-order valence-electron chi connectivity index (χ0n) is 17.2. The van der Waals surface area contributed by atoms with Crippen molar-refractivity contribution < 1.29 is 19.1 Å². The molecule has 0 radical (unpaired) electrons. The highest BCUT2D eigenvalue weighted by atomic mass is 16.5. The highest BCUT2D eigenvalue weighted by molar-refractivity contribution is 6.05. The molecule has 1 aliphatic carbocycles. The molecule has 0 atom stereocenters. The number of esters is 2. The van der Waals surface area contributed by atoms with E-state index in [2.05, 4.69) is 10.2 Å². The van der Waals surface area contributed by atoms with Crippen molar-refractivity contribution in [3.63, 3.8) is 0 Å². The molecule has 1 aromatic carbocycles. The molecule has 0 bridgehead atoms. The molecule has 0 saturated heterocycles. The van der Waals surface area contributed by atoms with Crippen molar-refractivity contribution in [1.82, 2.24) is 15.2 Å². The zero-order chi connectivity index (χ0) is 21.1. The normalized spacial score (nSPS) is 14.6. The number of carbonyl (C=O) groups excluding carboxylic acids is 2. The Hall–Kier alpha value is -3.22. The first-order valence-electron chi connectivity index (χ1n) is 10.4. The maximum absolute atomic E-state index is 12.8. The van der Waals surface area contributed by atoms with E-state index < -0.39 is 5.97 Å². The number of methoxy groups -OCH3 is 1. The number of fused-ring (bicyclic) bond motifs is 1. The molecule has 2 heterocycles. The van der Waals surface area contributed by atoms with Crippen LogP contribution in [0.1, 0.15) is 71.4 Å². The molecule has 7 heteroatoms. The number of nitrogens with zero attached hydrogens (tertiary/aromatic N) is 2. The number of benzene rings is 1. The average molecular weight is 407 g/mol. The van der Waals surface area contributed by atoms with Crippen LogP contribution in [0.5, 0.6) is 0 Å². The van der Waals surface area contributed by atoms with E-state index in [1.807, 2.05) is 0 Å². The highest BCUT2D eigenvalue weighted by Crippen LogP contribution is 2.37. The van der Waals surface area contributed by atoms with Gasteiger partial charge in [-0.2, -0.15) is 5.10 Å². The Morgan fingerprint density at radius 1 is 1.10 bits per heavy atom. The van der Waals surface area contributed by atoms with Gasteiger partial charge in [-0.15, -0.1) is 0 Å². The Morgan fingerprint density at radius 3 is 2.50 bits per heavy atom. The van der Waals surface area contributed by atoms with Gasteiger partial charge in [0.1, 0.15) is 0 Å². The van der Waals surface area contributed by atoms with Crippen LogP contribution in [-0.2, 0) is 9.47 Å². The molecular weight excluding hydrogens is 382 g/mol. The number of hydrogen-bond acceptors (Lipinski definition) is 6. The number of aromatic amines is 1. The number of hydrogen-bond donors (Lipinski definition) is 1. The van der Waals surface area contributed by atoms with Crippen LogP contribution in [-0.4, -0.2) is 40.8 Å². The summed E-state index contributed by atoms with van der Waals surface area (Å²) in [5, 5.41) is 8.33. The molecule has 3 aromatic rings. The minimum atomic E-state index is -0.401. The average Bonchev–Trinajstić information content (AvgIpc) is 3.23. The van der Waals surface area contributed by atoms with Gasteiger partial charge in [0, 0.05) is 17.2 Å². The van der Waals surface area contributed by atoms with Gasteiger partial charge >= 0.3 is 11.9 Å². The van der Waals surface area contributed by atoms with Crippen molar-refractivity contribution in [3.8, 4) is 11.3 Å². The first-order chi connectivity index (χ1) is 14.6. The van der Waals surface area contributed by atoms with Crippen LogP contribution < -0.4 is 0 Å². The quantitative estimate of drug-likeness (QED) is 0.620. The van der Waals surface area contributed by atoms with Crippen LogP contribution in [0.15, 0.2) is 30.3 Å². The summed E-state index contributed by atoms with van der Waals surface area (Å²) >= 11 is 0. The summed E-state index contributed by atoms with van der Waals surface area (Å²) in [5.41, 5.74) is 3.79. The van der Waals surface area contributed by atoms with Gasteiger partial charge in [0.15, 0.2) is 5.65 Å². The summed E-state index contributed by atoms with van der Waals surface area (Å²) in [6.07, 6.45) is 5.76. The molecule has 2 aromatic heterocycles. The Labute approximate surface area is 174 Å². The molecule has 0 spiro atoms. The first kappa shape index (κ1) is 20.1. The number of nitrogens with one attached hydrogen (secondary N) is 1. The lowest BCUT2D eigenvalue weighted by atomic mass is 9.85. The SMILES string of the molecule is CCOC(=O)c1cc(-c2ccc(C(=O)OC)cc2)nc2n[nH]c(C3CCCCC3)c12. The van der Waals surface area contributed by atoms with Crippen molar-refractivity contribution in [2.45, 2.75) is 44.9 Å². The second-order valence-corrected chi connectivity index (χ2v) is 7.52. The summed E-state index contributed by atoms with van der Waals surface area (Å²) in [6, 6.07) is 8.67. The van der Waals surface area contributed by atoms with Crippen LogP contribution in [0.25, 0.3) is 22.3 Å². The standard InChI is InChI=1S/C23H25N3O4/c1-3-30-23(28)17-13-18(14-9-11-16(12-10-14)22(27)29-2)24-21-19(17)20(25-26-21)15-7-5-4-6-8-15/h9-13,15H,3-8H2,1-2H3,(H,24,25,26). The third-order valence-electron chi connectivity index (χ3n) is 5.66. The molecule has 0 unspecified atom stereocenters. The molecule has 1 N–H and O–H groups in total. The number of carbonyl (C=O) groups is 2. The summed E-state index contributed by atoms with van der Waals surface area (Å²) in [5.74, 6) is -0.429. The molecule has 0 aliphatic heterocycles. The second-order valence-electron chi connectivity index (χ2n) is 7.52. The van der Waals surface area contributed by atoms with Crippen molar-refractivity contribution in [3.05, 3.63) is 47.2 Å². The second kappa shape index (κ2) is 8.65. The van der Waals surface area contributed by atoms with Crippen LogP contribution in [0.4, 0.5) is 0 Å². The molecule has 156 valence electrons. The number of rotatable bonds is 5. The molecule has 30 heavy (non-hydrogen) atoms. The number of aromatic nitrogens is 3. The fraction of sp³-hybridized carbons (Fsp3) is 0.391. The fourth-order valence-corrected chi connectivity index (χ4v) is 4.15. The Bertz CT molecular complexity index is 1070. The summed E-state index contributed by atoms with van der Waals surface area (Å²) in [4.78, 5) is 29.2. The minimum absolute atomic E-state index is 0.294. The van der Waals surface area contributed by atoms with Crippen LogP contribution in [0, 0.1) is 0 Å². The van der Waals surface area contributed by atoms with E-state index in [1.54, 1.807) is 37.3 Å². The van der Waals surface area contributed by atoms with Crippen molar-refractivity contribution >= 4 is 23.0 Å². The third kappa shape index (κ3) is 3.79. The summed E-state index contributed by atoms with van der Waals surface area (Å²) in [6.45, 7) is 2.09. The predicted octanol–water partition coefficient (Wildman–Crippen LogP) is 4.64. The Balaban J connectivity index is 1.80. The van der Waals surface area contributed by atoms with Gasteiger partial charge < -0.3 is 9.47 Å². The summed E-state index contributed by atoms with van der Waals surface area (Å²) < 4.78 is 10.1. The van der Waals surface area contributed by atoms with E-state index >= 15 is 0 Å². The molecular formula is C23H25N3O4. The van der Waals surface area contributed by atoms with Crippen LogP contribution >= 0.6 is 0 Å². The van der Waals surface area contributed by atoms with E-state index in [4.69, 9.17) is 14.5 Å². The van der Waals surface area contributed by atoms with E-state index in [9.17, 15) is 9.59 Å². The van der Waals surface area contributed by atoms with Gasteiger partial charge in [-0.3, -0.25) is 5.10 Å². The van der Waals surface area contributed by atoms with Crippen molar-refractivity contribution in [1.29, 1.82) is 0 Å². The van der Waals surface area contributed by atoms with Gasteiger partial charge in [-0.05, 0) is 38.0 Å². The molecule has 4 rings (SSSR count). The van der Waals surface area contributed by atoms with Gasteiger partial charge in [-0.1, -0.05) is 31.4 Å². The van der Waals surface area contributed by atoms with Gasteiger partial charge in [0.05, 0.1) is 35.9 Å².